The molecule has 0 heterocycles. The minimum atomic E-state index is -0.613. The van der Waals surface area contributed by atoms with E-state index < -0.39 is 12.1 Å². The molecule has 0 saturated carbocycles. The highest BCUT2D eigenvalue weighted by Crippen LogP contribution is 2.14. The molecule has 0 aliphatic heterocycles. The monoisotopic (exact) mass is 1150 g/mol. The fourth-order valence-corrected chi connectivity index (χ4v) is 9.07. The Balaban J connectivity index is 4.71. The molecule has 81 heavy (non-hydrogen) atoms. The average Bonchev–Trinajstić information content (AvgIpc) is 3.47. The van der Waals surface area contributed by atoms with Gasteiger partial charge in [0.05, 0.1) is 79.2 Å². The second-order valence-electron chi connectivity index (χ2n) is 21.6. The number of unbranched alkanes of at least 4 members (excludes halogenated alkanes) is 29. The van der Waals surface area contributed by atoms with Gasteiger partial charge in [0.2, 0.25) is 0 Å². The van der Waals surface area contributed by atoms with Gasteiger partial charge in [0.15, 0.2) is 6.10 Å². The van der Waals surface area contributed by atoms with E-state index in [-0.39, 0.29) is 44.8 Å². The van der Waals surface area contributed by atoms with E-state index in [0.29, 0.717) is 98.9 Å². The molecule has 0 spiro atoms. The molecule has 2 N–H and O–H groups in total. The minimum Gasteiger partial charge on any atom is -0.463 e. The van der Waals surface area contributed by atoms with Crippen molar-refractivity contribution in [1.29, 1.82) is 0 Å². The van der Waals surface area contributed by atoms with Gasteiger partial charge in [0.1, 0.15) is 13.2 Å². The zero-order valence-corrected chi connectivity index (χ0v) is 52.9. The average molecular weight is 1150 g/mol. The number of ether oxygens (including phenoxy) is 9. The summed E-state index contributed by atoms with van der Waals surface area (Å²) in [6.45, 7) is 14.5. The fourth-order valence-electron chi connectivity index (χ4n) is 9.07. The third-order valence-corrected chi connectivity index (χ3v) is 14.1. The summed E-state index contributed by atoms with van der Waals surface area (Å²) in [6, 6.07) is 0. The Kier molecular flexibility index (Phi) is 66.2. The Morgan fingerprint density at radius 3 is 1.20 bits per heavy atom. The summed E-state index contributed by atoms with van der Waals surface area (Å²) in [7, 11) is 1.59. The zero-order valence-electron chi connectivity index (χ0n) is 52.9. The van der Waals surface area contributed by atoms with Crippen molar-refractivity contribution in [3.8, 4) is 0 Å². The Morgan fingerprint density at radius 1 is 0.370 bits per heavy atom. The molecule has 478 valence electrons. The first-order valence-electron chi connectivity index (χ1n) is 33.3. The summed E-state index contributed by atoms with van der Waals surface area (Å²) in [5.41, 5.74) is 0. The summed E-state index contributed by atoms with van der Waals surface area (Å²) < 4.78 is 50.6. The van der Waals surface area contributed by atoms with Gasteiger partial charge in [0.25, 0.3) is 5.91 Å². The Bertz CT molecular complexity index is 1360. The standard InChI is InChI=1S/C66H127N3O12/c1-5-8-11-14-17-19-21-23-25-27-29-31-33-35-38-41-47-78-62-63(79-48-42-39-36-34-32-30-28-26-24-22-20-18-15-12-9-6-2)66(72)69(45-40-37-16-13-10-7-3)46-51-74-52-53-75-54-55-76-56-57-77-58-59-81-65(71)61-68-44-50-80-64(70)60-67-43-49-73-4/h23-26,63,67-68H,5-22,27-62H2,1-4H3/b25-23-,26-24-. The number of nitrogens with zero attached hydrogens (tertiary/aromatic N) is 1. The van der Waals surface area contributed by atoms with Crippen molar-refractivity contribution >= 4 is 17.8 Å². The SMILES string of the molecule is CCCCCCCC/C=C\CCCCCCCCOCC(OCCCCCCCC/C=C\CCCCCCCC)C(=O)N(CCCCCCCC)CCOCCOCCOCCOCCOC(=O)CNCCOC(=O)CNCCOC. The summed E-state index contributed by atoms with van der Waals surface area (Å²) >= 11 is 0. The van der Waals surface area contributed by atoms with Gasteiger partial charge in [0, 0.05) is 46.5 Å². The van der Waals surface area contributed by atoms with Crippen molar-refractivity contribution in [2.45, 2.75) is 245 Å². The normalized spacial score (nSPS) is 12.1. The fraction of sp³-hybridized carbons (Fsp3) is 0.894. The van der Waals surface area contributed by atoms with E-state index in [1.54, 1.807) is 7.11 Å². The predicted octanol–water partition coefficient (Wildman–Crippen LogP) is 13.6. The van der Waals surface area contributed by atoms with Crippen LogP contribution in [0.3, 0.4) is 0 Å². The lowest BCUT2D eigenvalue weighted by Crippen LogP contribution is -2.45. The maximum Gasteiger partial charge on any atom is 0.320 e. The van der Waals surface area contributed by atoms with Crippen LogP contribution in [0.15, 0.2) is 24.3 Å². The molecule has 0 rings (SSSR count). The molecule has 0 saturated heterocycles. The number of hydrogen-bond acceptors (Lipinski definition) is 14. The first-order chi connectivity index (χ1) is 40.0. The molecule has 15 heteroatoms. The van der Waals surface area contributed by atoms with E-state index in [1.165, 1.54) is 180 Å². The molecule has 0 bridgehead atoms. The summed E-state index contributed by atoms with van der Waals surface area (Å²) in [6.07, 6.45) is 51.3. The number of carbonyl (C=O) groups excluding carboxylic acids is 3. The Morgan fingerprint density at radius 2 is 0.741 bits per heavy atom. The summed E-state index contributed by atoms with van der Waals surface area (Å²) in [4.78, 5) is 39.8. The molecule has 15 nitrogen and oxygen atoms in total. The first-order valence-corrected chi connectivity index (χ1v) is 33.3. The van der Waals surface area contributed by atoms with Crippen molar-refractivity contribution < 1.29 is 57.0 Å². The smallest absolute Gasteiger partial charge is 0.320 e. The van der Waals surface area contributed by atoms with E-state index in [2.05, 4.69) is 55.7 Å². The Hall–Kier alpha value is -2.47. The molecule has 0 fully saturated rings. The first kappa shape index (κ1) is 78.5. The van der Waals surface area contributed by atoms with E-state index >= 15 is 0 Å². The van der Waals surface area contributed by atoms with Crippen LogP contribution in [0.2, 0.25) is 0 Å². The lowest BCUT2D eigenvalue weighted by molar-refractivity contribution is -0.149. The molecule has 0 aliphatic rings. The van der Waals surface area contributed by atoms with Crippen molar-refractivity contribution in [1.82, 2.24) is 15.5 Å². The number of carbonyl (C=O) groups is 3. The maximum atomic E-state index is 14.3. The van der Waals surface area contributed by atoms with Gasteiger partial charge in [-0.1, -0.05) is 193 Å². The lowest BCUT2D eigenvalue weighted by Gasteiger charge is -2.28. The third-order valence-electron chi connectivity index (χ3n) is 14.1. The second-order valence-corrected chi connectivity index (χ2v) is 21.6. The molecular formula is C66H127N3O12. The highest BCUT2D eigenvalue weighted by Gasteiger charge is 2.25. The summed E-state index contributed by atoms with van der Waals surface area (Å²) in [5, 5.41) is 5.80. The topological polar surface area (TPSA) is 162 Å². The highest BCUT2D eigenvalue weighted by atomic mass is 16.6. The molecule has 0 radical (unpaired) electrons. The molecule has 0 aromatic rings. The molecule has 0 aromatic heterocycles. The van der Waals surface area contributed by atoms with E-state index in [0.717, 1.165) is 38.5 Å². The Labute approximate surface area is 496 Å². The number of amides is 1. The van der Waals surface area contributed by atoms with Crippen LogP contribution in [-0.4, -0.2) is 168 Å². The van der Waals surface area contributed by atoms with Gasteiger partial charge in [-0.2, -0.15) is 0 Å². The number of esters is 2. The number of methoxy groups -OCH3 is 1. The molecule has 0 aliphatic carbocycles. The van der Waals surface area contributed by atoms with E-state index in [4.69, 9.17) is 42.6 Å². The molecule has 1 atom stereocenters. The lowest BCUT2D eigenvalue weighted by atomic mass is 10.1. The second kappa shape index (κ2) is 68.3. The van der Waals surface area contributed by atoms with Gasteiger partial charge < -0.3 is 58.2 Å². The van der Waals surface area contributed by atoms with Crippen LogP contribution in [0.5, 0.6) is 0 Å². The van der Waals surface area contributed by atoms with Crippen molar-refractivity contribution in [2.24, 2.45) is 0 Å². The van der Waals surface area contributed by atoms with Gasteiger partial charge in [-0.05, 0) is 70.6 Å². The zero-order chi connectivity index (χ0) is 58.7. The molecule has 1 amide bonds. The maximum absolute atomic E-state index is 14.3. The van der Waals surface area contributed by atoms with Crippen LogP contribution in [0.25, 0.3) is 0 Å². The molecule has 0 aromatic carbocycles. The van der Waals surface area contributed by atoms with Crippen molar-refractivity contribution in [3.05, 3.63) is 24.3 Å². The van der Waals surface area contributed by atoms with E-state index in [9.17, 15) is 14.4 Å². The van der Waals surface area contributed by atoms with Crippen LogP contribution < -0.4 is 10.6 Å². The van der Waals surface area contributed by atoms with Crippen molar-refractivity contribution in [3.63, 3.8) is 0 Å². The summed E-state index contributed by atoms with van der Waals surface area (Å²) in [5.74, 6) is -0.762. The number of hydrogen-bond donors (Lipinski definition) is 2. The van der Waals surface area contributed by atoms with Crippen LogP contribution in [0.1, 0.15) is 239 Å². The van der Waals surface area contributed by atoms with Gasteiger partial charge in [-0.25, -0.2) is 0 Å². The van der Waals surface area contributed by atoms with Crippen LogP contribution in [-0.2, 0) is 57.0 Å². The number of nitrogens with one attached hydrogen (secondary N) is 2. The largest absolute Gasteiger partial charge is 0.463 e. The van der Waals surface area contributed by atoms with Gasteiger partial charge in [-0.3, -0.25) is 14.4 Å². The molecule has 1 unspecified atom stereocenters. The van der Waals surface area contributed by atoms with Gasteiger partial charge in [-0.15, -0.1) is 0 Å². The van der Waals surface area contributed by atoms with Gasteiger partial charge >= 0.3 is 11.9 Å². The molecular weight excluding hydrogens is 1030 g/mol. The highest BCUT2D eigenvalue weighted by molar-refractivity contribution is 5.81. The third kappa shape index (κ3) is 61.9. The number of allylic oxidation sites excluding steroid dienone is 4. The number of rotatable bonds is 68. The quantitative estimate of drug-likeness (QED) is 0.0336. The van der Waals surface area contributed by atoms with Crippen LogP contribution in [0.4, 0.5) is 0 Å². The predicted molar refractivity (Wildman–Crippen MR) is 332 cm³/mol. The minimum absolute atomic E-state index is 0.0120. The van der Waals surface area contributed by atoms with Crippen LogP contribution in [0, 0.1) is 0 Å². The van der Waals surface area contributed by atoms with Crippen molar-refractivity contribution in [2.75, 3.05) is 139 Å². The van der Waals surface area contributed by atoms with Crippen LogP contribution >= 0.6 is 0 Å². The van der Waals surface area contributed by atoms with E-state index in [1.807, 2.05) is 4.90 Å².